The van der Waals surface area contributed by atoms with Crippen molar-refractivity contribution in [2.24, 2.45) is 0 Å². The fourth-order valence-electron chi connectivity index (χ4n) is 1.38. The fraction of sp³-hybridized carbons (Fsp3) is 0.0769. The van der Waals surface area contributed by atoms with E-state index in [9.17, 15) is 0 Å². The van der Waals surface area contributed by atoms with Crippen LogP contribution in [0, 0.1) is 0 Å². The van der Waals surface area contributed by atoms with Gasteiger partial charge in [0.25, 0.3) is 0 Å². The Bertz CT molecular complexity index is 529. The molecule has 0 saturated heterocycles. The van der Waals surface area contributed by atoms with Crippen molar-refractivity contribution in [2.75, 3.05) is 0 Å². The molecule has 0 radical (unpaired) electrons. The molecule has 0 atom stereocenters. The monoisotopic (exact) mass is 330 g/mol. The van der Waals surface area contributed by atoms with Crippen LogP contribution in [-0.2, 0) is 5.88 Å². The van der Waals surface area contributed by atoms with Gasteiger partial charge in [-0.15, -0.1) is 11.6 Å². The zero-order chi connectivity index (χ0) is 12.3. The molecular formula is C13H9BrCl2O. The Labute approximate surface area is 118 Å². The summed E-state index contributed by atoms with van der Waals surface area (Å²) < 4.78 is 6.56. The van der Waals surface area contributed by atoms with Gasteiger partial charge in [0.2, 0.25) is 0 Å². The third-order valence-corrected chi connectivity index (χ3v) is 3.34. The van der Waals surface area contributed by atoms with Crippen molar-refractivity contribution >= 4 is 39.1 Å². The number of alkyl halides is 1. The molecule has 0 heterocycles. The third kappa shape index (κ3) is 3.38. The van der Waals surface area contributed by atoms with Gasteiger partial charge in [-0.25, -0.2) is 0 Å². The maximum Gasteiger partial charge on any atom is 0.141 e. The molecule has 0 fully saturated rings. The highest BCUT2D eigenvalue weighted by Crippen LogP contribution is 2.32. The minimum Gasteiger partial charge on any atom is -0.456 e. The van der Waals surface area contributed by atoms with Gasteiger partial charge in [-0.05, 0) is 51.8 Å². The summed E-state index contributed by atoms with van der Waals surface area (Å²) in [6.45, 7) is 0. The molecule has 2 rings (SSSR count). The Kier molecular flexibility index (Phi) is 4.32. The van der Waals surface area contributed by atoms with Crippen LogP contribution in [-0.4, -0.2) is 0 Å². The average Bonchev–Trinajstić information content (AvgIpc) is 2.33. The molecule has 4 heteroatoms. The first kappa shape index (κ1) is 12.7. The van der Waals surface area contributed by atoms with E-state index in [1.54, 1.807) is 12.1 Å². The Balaban J connectivity index is 2.25. The summed E-state index contributed by atoms with van der Waals surface area (Å²) in [5.41, 5.74) is 1.02. The van der Waals surface area contributed by atoms with Crippen LogP contribution in [0.5, 0.6) is 11.5 Å². The lowest BCUT2D eigenvalue weighted by Gasteiger charge is -2.08. The SMILES string of the molecule is ClCc1cccc(Oc2ccc(Cl)cc2Br)c1. The minimum absolute atomic E-state index is 0.471. The van der Waals surface area contributed by atoms with Crippen LogP contribution in [0.15, 0.2) is 46.9 Å². The molecule has 0 unspecified atom stereocenters. The highest BCUT2D eigenvalue weighted by Gasteiger charge is 2.04. The second kappa shape index (κ2) is 5.76. The number of ether oxygens (including phenoxy) is 1. The van der Waals surface area contributed by atoms with Crippen molar-refractivity contribution in [3.05, 3.63) is 57.5 Å². The molecular weight excluding hydrogens is 323 g/mol. The van der Waals surface area contributed by atoms with Crippen LogP contribution in [0.2, 0.25) is 5.02 Å². The zero-order valence-corrected chi connectivity index (χ0v) is 11.9. The summed E-state index contributed by atoms with van der Waals surface area (Å²) in [5, 5.41) is 0.665. The zero-order valence-electron chi connectivity index (χ0n) is 8.79. The van der Waals surface area contributed by atoms with E-state index in [1.807, 2.05) is 30.3 Å². The van der Waals surface area contributed by atoms with E-state index in [2.05, 4.69) is 15.9 Å². The highest BCUT2D eigenvalue weighted by molar-refractivity contribution is 9.10. The lowest BCUT2D eigenvalue weighted by atomic mass is 10.2. The van der Waals surface area contributed by atoms with E-state index < -0.39 is 0 Å². The number of benzene rings is 2. The predicted octanol–water partition coefficient (Wildman–Crippen LogP) is 5.63. The van der Waals surface area contributed by atoms with Gasteiger partial charge < -0.3 is 4.74 Å². The van der Waals surface area contributed by atoms with Gasteiger partial charge in [-0.1, -0.05) is 23.7 Å². The molecule has 0 N–H and O–H groups in total. The average molecular weight is 332 g/mol. The first-order valence-corrected chi connectivity index (χ1v) is 6.67. The Morgan fingerprint density at radius 3 is 2.65 bits per heavy atom. The maximum absolute atomic E-state index is 5.86. The smallest absolute Gasteiger partial charge is 0.141 e. The summed E-state index contributed by atoms with van der Waals surface area (Å²) >= 11 is 15.0. The van der Waals surface area contributed by atoms with Crippen molar-refractivity contribution in [1.29, 1.82) is 0 Å². The summed E-state index contributed by atoms with van der Waals surface area (Å²) in [7, 11) is 0. The van der Waals surface area contributed by atoms with E-state index in [1.165, 1.54) is 0 Å². The van der Waals surface area contributed by atoms with Gasteiger partial charge in [-0.3, -0.25) is 0 Å². The fourth-order valence-corrected chi connectivity index (χ4v) is 2.31. The normalized spacial score (nSPS) is 10.3. The largest absolute Gasteiger partial charge is 0.456 e. The number of rotatable bonds is 3. The van der Waals surface area contributed by atoms with Crippen LogP contribution >= 0.6 is 39.1 Å². The molecule has 1 nitrogen and oxygen atoms in total. The Hall–Kier alpha value is -0.700. The van der Waals surface area contributed by atoms with Crippen molar-refractivity contribution in [2.45, 2.75) is 5.88 Å². The van der Waals surface area contributed by atoms with Crippen LogP contribution in [0.3, 0.4) is 0 Å². The minimum atomic E-state index is 0.471. The van der Waals surface area contributed by atoms with E-state index in [4.69, 9.17) is 27.9 Å². The predicted molar refractivity (Wildman–Crippen MR) is 75.2 cm³/mol. The molecule has 0 spiro atoms. The van der Waals surface area contributed by atoms with Crippen LogP contribution in [0.25, 0.3) is 0 Å². The van der Waals surface area contributed by atoms with Gasteiger partial charge in [0.15, 0.2) is 0 Å². The Morgan fingerprint density at radius 1 is 1.12 bits per heavy atom. The molecule has 0 aliphatic heterocycles. The number of hydrogen-bond acceptors (Lipinski definition) is 1. The molecule has 0 aliphatic rings. The van der Waals surface area contributed by atoms with Gasteiger partial charge in [0, 0.05) is 10.9 Å². The lowest BCUT2D eigenvalue weighted by Crippen LogP contribution is -1.86. The number of hydrogen-bond donors (Lipinski definition) is 0. The van der Waals surface area contributed by atoms with E-state index >= 15 is 0 Å². The lowest BCUT2D eigenvalue weighted by molar-refractivity contribution is 0.479. The second-order valence-corrected chi connectivity index (χ2v) is 5.02. The van der Waals surface area contributed by atoms with Crippen LogP contribution in [0.4, 0.5) is 0 Å². The van der Waals surface area contributed by atoms with Gasteiger partial charge in [-0.2, -0.15) is 0 Å². The molecule has 0 aromatic heterocycles. The second-order valence-electron chi connectivity index (χ2n) is 3.46. The van der Waals surface area contributed by atoms with E-state index in [0.29, 0.717) is 10.9 Å². The third-order valence-electron chi connectivity index (χ3n) is 2.17. The number of halogens is 3. The van der Waals surface area contributed by atoms with Gasteiger partial charge in [0.05, 0.1) is 4.47 Å². The summed E-state index contributed by atoms with van der Waals surface area (Å²) in [5.74, 6) is 1.95. The summed E-state index contributed by atoms with van der Waals surface area (Å²) in [6, 6.07) is 13.1. The molecule has 2 aromatic rings. The summed E-state index contributed by atoms with van der Waals surface area (Å²) in [4.78, 5) is 0. The van der Waals surface area contributed by atoms with Crippen molar-refractivity contribution in [3.63, 3.8) is 0 Å². The van der Waals surface area contributed by atoms with Gasteiger partial charge >= 0.3 is 0 Å². The quantitative estimate of drug-likeness (QED) is 0.662. The van der Waals surface area contributed by atoms with E-state index in [0.717, 1.165) is 21.5 Å². The molecule has 0 bridgehead atoms. The Morgan fingerprint density at radius 2 is 1.94 bits per heavy atom. The maximum atomic E-state index is 5.86. The molecule has 88 valence electrons. The van der Waals surface area contributed by atoms with Crippen molar-refractivity contribution < 1.29 is 4.74 Å². The first-order chi connectivity index (χ1) is 8.19. The molecule has 0 saturated carbocycles. The molecule has 2 aromatic carbocycles. The standard InChI is InChI=1S/C13H9BrCl2O/c14-12-7-10(16)4-5-13(12)17-11-3-1-2-9(6-11)8-15/h1-7H,8H2. The first-order valence-electron chi connectivity index (χ1n) is 4.97. The van der Waals surface area contributed by atoms with Crippen LogP contribution in [0.1, 0.15) is 5.56 Å². The molecule has 0 amide bonds. The molecule has 17 heavy (non-hydrogen) atoms. The molecule has 0 aliphatic carbocycles. The van der Waals surface area contributed by atoms with Crippen LogP contribution < -0.4 is 4.74 Å². The van der Waals surface area contributed by atoms with Gasteiger partial charge in [0.1, 0.15) is 11.5 Å². The van der Waals surface area contributed by atoms with Crippen molar-refractivity contribution in [3.8, 4) is 11.5 Å². The van der Waals surface area contributed by atoms with E-state index in [-0.39, 0.29) is 0 Å². The topological polar surface area (TPSA) is 9.23 Å². The summed E-state index contributed by atoms with van der Waals surface area (Å²) in [6.07, 6.45) is 0. The van der Waals surface area contributed by atoms with Crippen molar-refractivity contribution in [1.82, 2.24) is 0 Å². The highest BCUT2D eigenvalue weighted by atomic mass is 79.9.